The second-order valence-corrected chi connectivity index (χ2v) is 5.21. The van der Waals surface area contributed by atoms with Gasteiger partial charge in [-0.3, -0.25) is 0 Å². The molecule has 2 rings (SSSR count). The van der Waals surface area contributed by atoms with Crippen molar-refractivity contribution in [3.8, 4) is 0 Å². The Labute approximate surface area is 107 Å². The summed E-state index contributed by atoms with van der Waals surface area (Å²) in [5, 5.41) is 0.520. The largest absolute Gasteiger partial charge is 0.392 e. The van der Waals surface area contributed by atoms with Crippen LogP contribution in [0.2, 0.25) is 0 Å². The van der Waals surface area contributed by atoms with E-state index in [0.29, 0.717) is 5.01 Å². The molecule has 2 nitrogen and oxygen atoms in total. The molecule has 2 N–H and O–H groups in total. The summed E-state index contributed by atoms with van der Waals surface area (Å²) in [5.74, 6) is -1.40. The predicted octanol–water partition coefficient (Wildman–Crippen LogP) is 3.37. The van der Waals surface area contributed by atoms with Crippen LogP contribution >= 0.6 is 11.3 Å². The van der Waals surface area contributed by atoms with E-state index in [2.05, 4.69) is 4.98 Å². The minimum Gasteiger partial charge on any atom is -0.330 e. The lowest BCUT2D eigenvalue weighted by Crippen LogP contribution is -2.27. The van der Waals surface area contributed by atoms with Crippen molar-refractivity contribution in [1.82, 2.24) is 4.98 Å². The number of aromatic nitrogens is 1. The highest BCUT2D eigenvalue weighted by Gasteiger charge is 2.39. The molecule has 1 aromatic carbocycles. The van der Waals surface area contributed by atoms with Gasteiger partial charge in [0.05, 0.1) is 21.1 Å². The molecule has 0 saturated heterocycles. The second kappa shape index (κ2) is 5.24. The SMILES string of the molecule is NCC[C@@H](Cc1nc2ccccc2s1)C(F)(F)F. The fourth-order valence-corrected chi connectivity index (χ4v) is 2.85. The molecule has 1 aromatic heterocycles. The van der Waals surface area contributed by atoms with E-state index in [9.17, 15) is 13.2 Å². The Kier molecular flexibility index (Phi) is 3.87. The fourth-order valence-electron chi connectivity index (χ4n) is 1.80. The van der Waals surface area contributed by atoms with Crippen LogP contribution in [0.3, 0.4) is 0 Å². The van der Waals surface area contributed by atoms with Crippen molar-refractivity contribution in [2.45, 2.75) is 19.0 Å². The summed E-state index contributed by atoms with van der Waals surface area (Å²) >= 11 is 1.32. The molecule has 6 heteroatoms. The lowest BCUT2D eigenvalue weighted by molar-refractivity contribution is -0.175. The third-order valence-corrected chi connectivity index (χ3v) is 3.80. The number of fused-ring (bicyclic) bond motifs is 1. The maximum absolute atomic E-state index is 12.8. The Morgan fingerprint density at radius 3 is 2.61 bits per heavy atom. The van der Waals surface area contributed by atoms with Crippen molar-refractivity contribution in [3.63, 3.8) is 0 Å². The quantitative estimate of drug-likeness (QED) is 0.928. The van der Waals surface area contributed by atoms with E-state index in [1.54, 1.807) is 6.07 Å². The highest BCUT2D eigenvalue weighted by Crippen LogP contribution is 2.33. The van der Waals surface area contributed by atoms with Crippen LogP contribution in [0.1, 0.15) is 11.4 Å². The summed E-state index contributed by atoms with van der Waals surface area (Å²) in [6.07, 6.45) is -4.35. The van der Waals surface area contributed by atoms with Gasteiger partial charge in [0.1, 0.15) is 0 Å². The summed E-state index contributed by atoms with van der Waals surface area (Å²) in [6, 6.07) is 7.35. The summed E-state index contributed by atoms with van der Waals surface area (Å²) in [6.45, 7) is 0.0368. The number of nitrogens with two attached hydrogens (primary N) is 1. The number of hydrogen-bond donors (Lipinski definition) is 1. The van der Waals surface area contributed by atoms with Crippen LogP contribution in [0.25, 0.3) is 10.2 Å². The smallest absolute Gasteiger partial charge is 0.330 e. The fraction of sp³-hybridized carbons (Fsp3) is 0.417. The van der Waals surface area contributed by atoms with Gasteiger partial charge in [-0.1, -0.05) is 12.1 Å². The molecule has 0 unspecified atom stereocenters. The zero-order valence-electron chi connectivity index (χ0n) is 9.57. The van der Waals surface area contributed by atoms with Gasteiger partial charge in [-0.15, -0.1) is 11.3 Å². The maximum atomic E-state index is 12.8. The van der Waals surface area contributed by atoms with Crippen molar-refractivity contribution >= 4 is 21.6 Å². The highest BCUT2D eigenvalue weighted by molar-refractivity contribution is 7.18. The Morgan fingerprint density at radius 2 is 2.00 bits per heavy atom. The number of hydrogen-bond acceptors (Lipinski definition) is 3. The average Bonchev–Trinajstić information content (AvgIpc) is 2.69. The summed E-state index contributed by atoms with van der Waals surface area (Å²) in [5.41, 5.74) is 5.99. The van der Waals surface area contributed by atoms with E-state index >= 15 is 0 Å². The standard InChI is InChI=1S/C12H13F3N2S/c13-12(14,15)8(5-6-16)7-11-17-9-3-1-2-4-10(9)18-11/h1-4,8H,5-7,16H2/t8-/m0/s1. The van der Waals surface area contributed by atoms with E-state index in [-0.39, 0.29) is 19.4 Å². The number of halogens is 3. The van der Waals surface area contributed by atoms with Crippen LogP contribution in [0.4, 0.5) is 13.2 Å². The lowest BCUT2D eigenvalue weighted by atomic mass is 10.0. The van der Waals surface area contributed by atoms with E-state index in [1.165, 1.54) is 11.3 Å². The van der Waals surface area contributed by atoms with Gasteiger partial charge >= 0.3 is 6.18 Å². The average molecular weight is 274 g/mol. The van der Waals surface area contributed by atoms with Crippen molar-refractivity contribution in [2.75, 3.05) is 6.54 Å². The Balaban J connectivity index is 2.20. The number of nitrogens with zero attached hydrogens (tertiary/aromatic N) is 1. The van der Waals surface area contributed by atoms with Gasteiger partial charge in [0, 0.05) is 6.42 Å². The summed E-state index contributed by atoms with van der Waals surface area (Å²) < 4.78 is 39.2. The molecule has 0 aliphatic carbocycles. The normalized spacial score (nSPS) is 14.0. The molecule has 18 heavy (non-hydrogen) atoms. The molecule has 0 aliphatic heterocycles. The number of benzene rings is 1. The maximum Gasteiger partial charge on any atom is 0.392 e. The third kappa shape index (κ3) is 3.00. The van der Waals surface area contributed by atoms with E-state index < -0.39 is 12.1 Å². The van der Waals surface area contributed by atoms with Crippen LogP contribution in [0.5, 0.6) is 0 Å². The highest BCUT2D eigenvalue weighted by atomic mass is 32.1. The zero-order chi connectivity index (χ0) is 13.2. The zero-order valence-corrected chi connectivity index (χ0v) is 10.4. The third-order valence-electron chi connectivity index (χ3n) is 2.74. The monoisotopic (exact) mass is 274 g/mol. The molecule has 1 heterocycles. The minimum atomic E-state index is -4.21. The number of rotatable bonds is 4. The van der Waals surface area contributed by atoms with Crippen LogP contribution < -0.4 is 5.73 Å². The molecule has 0 fully saturated rings. The molecular formula is C12H13F3N2S. The van der Waals surface area contributed by atoms with Crippen LogP contribution in [-0.2, 0) is 6.42 Å². The molecule has 0 radical (unpaired) electrons. The van der Waals surface area contributed by atoms with Crippen LogP contribution in [-0.4, -0.2) is 17.7 Å². The molecule has 0 saturated carbocycles. The second-order valence-electron chi connectivity index (χ2n) is 4.10. The summed E-state index contributed by atoms with van der Waals surface area (Å²) in [4.78, 5) is 4.23. The van der Waals surface area contributed by atoms with Crippen molar-refractivity contribution in [2.24, 2.45) is 11.7 Å². The lowest BCUT2D eigenvalue weighted by Gasteiger charge is -2.18. The molecule has 0 amide bonds. The molecule has 0 bridgehead atoms. The number of thiazole rings is 1. The van der Waals surface area contributed by atoms with Gasteiger partial charge in [-0.05, 0) is 25.1 Å². The molecule has 2 aromatic rings. The predicted molar refractivity (Wildman–Crippen MR) is 66.5 cm³/mol. The van der Waals surface area contributed by atoms with Crippen LogP contribution in [0, 0.1) is 5.92 Å². The van der Waals surface area contributed by atoms with Gasteiger partial charge in [0.2, 0.25) is 0 Å². The Morgan fingerprint density at radius 1 is 1.28 bits per heavy atom. The molecule has 1 atom stereocenters. The van der Waals surface area contributed by atoms with Crippen molar-refractivity contribution in [1.29, 1.82) is 0 Å². The number of alkyl halides is 3. The first kappa shape index (κ1) is 13.3. The van der Waals surface area contributed by atoms with E-state index in [1.807, 2.05) is 18.2 Å². The van der Waals surface area contributed by atoms with Crippen molar-refractivity contribution in [3.05, 3.63) is 29.3 Å². The summed E-state index contributed by atoms with van der Waals surface area (Å²) in [7, 11) is 0. The van der Waals surface area contributed by atoms with Gasteiger partial charge < -0.3 is 5.73 Å². The molecule has 0 spiro atoms. The minimum absolute atomic E-state index is 0.0368. The first-order valence-electron chi connectivity index (χ1n) is 5.62. The van der Waals surface area contributed by atoms with Gasteiger partial charge in [-0.25, -0.2) is 4.98 Å². The van der Waals surface area contributed by atoms with Gasteiger partial charge in [-0.2, -0.15) is 13.2 Å². The van der Waals surface area contributed by atoms with E-state index in [4.69, 9.17) is 5.73 Å². The van der Waals surface area contributed by atoms with Crippen molar-refractivity contribution < 1.29 is 13.2 Å². The Hall–Kier alpha value is -1.14. The number of para-hydroxylation sites is 1. The first-order valence-corrected chi connectivity index (χ1v) is 6.43. The first-order chi connectivity index (χ1) is 8.50. The Bertz CT molecular complexity index is 488. The van der Waals surface area contributed by atoms with Crippen LogP contribution in [0.15, 0.2) is 24.3 Å². The van der Waals surface area contributed by atoms with Gasteiger partial charge in [0.15, 0.2) is 0 Å². The van der Waals surface area contributed by atoms with E-state index in [0.717, 1.165) is 10.2 Å². The van der Waals surface area contributed by atoms with Gasteiger partial charge in [0.25, 0.3) is 0 Å². The molecule has 98 valence electrons. The molecular weight excluding hydrogens is 261 g/mol. The molecule has 0 aliphatic rings. The topological polar surface area (TPSA) is 38.9 Å².